The van der Waals surface area contributed by atoms with E-state index < -0.39 is 11.8 Å². The van der Waals surface area contributed by atoms with Crippen molar-refractivity contribution in [3.8, 4) is 11.5 Å². The fourth-order valence-corrected chi connectivity index (χ4v) is 2.01. The van der Waals surface area contributed by atoms with Crippen LogP contribution in [0.25, 0.3) is 6.08 Å². The summed E-state index contributed by atoms with van der Waals surface area (Å²) >= 11 is 4.74. The van der Waals surface area contributed by atoms with Crippen LogP contribution in [-0.2, 0) is 9.59 Å². The molecular weight excluding hydrogens is 292 g/mol. The Labute approximate surface area is 127 Å². The predicted octanol–water partition coefficient (Wildman–Crippen LogP) is 1.01. The van der Waals surface area contributed by atoms with Gasteiger partial charge in [0.15, 0.2) is 16.6 Å². The molecule has 0 aromatic heterocycles. The molecule has 21 heavy (non-hydrogen) atoms. The highest BCUT2D eigenvalue weighted by molar-refractivity contribution is 7.80. The lowest BCUT2D eigenvalue weighted by atomic mass is 10.1. The van der Waals surface area contributed by atoms with Crippen molar-refractivity contribution in [2.24, 2.45) is 0 Å². The number of carbonyl (C=O) groups excluding carboxylic acids is 2. The van der Waals surface area contributed by atoms with E-state index in [0.717, 1.165) is 0 Å². The number of amides is 2. The summed E-state index contributed by atoms with van der Waals surface area (Å²) in [6.07, 6.45) is 1.46. The van der Waals surface area contributed by atoms with Crippen molar-refractivity contribution in [3.63, 3.8) is 0 Å². The molecule has 2 amide bonds. The third-order valence-electron chi connectivity index (χ3n) is 2.74. The molecule has 2 N–H and O–H groups in total. The van der Waals surface area contributed by atoms with Gasteiger partial charge in [-0.1, -0.05) is 6.07 Å². The van der Waals surface area contributed by atoms with Crippen LogP contribution < -0.4 is 20.1 Å². The number of hydrogen-bond acceptors (Lipinski definition) is 5. The summed E-state index contributed by atoms with van der Waals surface area (Å²) < 4.78 is 10.6. The van der Waals surface area contributed by atoms with Crippen LogP contribution in [0.4, 0.5) is 0 Å². The lowest BCUT2D eigenvalue weighted by Crippen LogP contribution is -2.51. The van der Waals surface area contributed by atoms with Gasteiger partial charge >= 0.3 is 0 Å². The van der Waals surface area contributed by atoms with Crippen molar-refractivity contribution in [1.29, 1.82) is 0 Å². The van der Waals surface area contributed by atoms with Crippen LogP contribution in [-0.4, -0.2) is 30.6 Å². The highest BCUT2D eigenvalue weighted by Gasteiger charge is 2.25. The second kappa shape index (κ2) is 6.36. The van der Waals surface area contributed by atoms with Crippen molar-refractivity contribution in [3.05, 3.63) is 29.3 Å². The molecule has 1 heterocycles. The molecule has 2 rings (SSSR count). The summed E-state index contributed by atoms with van der Waals surface area (Å²) in [7, 11) is 1.52. The maximum absolute atomic E-state index is 11.8. The Bertz CT molecular complexity index is 618. The number of benzene rings is 1. The number of methoxy groups -OCH3 is 1. The number of carbonyl (C=O) groups is 2. The fourth-order valence-electron chi connectivity index (χ4n) is 1.82. The van der Waals surface area contributed by atoms with E-state index in [9.17, 15) is 9.59 Å². The molecule has 1 aromatic carbocycles. The van der Waals surface area contributed by atoms with E-state index in [1.54, 1.807) is 18.2 Å². The molecule has 0 unspecified atom stereocenters. The lowest BCUT2D eigenvalue weighted by Gasteiger charge is -2.16. The van der Waals surface area contributed by atoms with E-state index in [4.69, 9.17) is 21.7 Å². The van der Waals surface area contributed by atoms with E-state index in [0.29, 0.717) is 23.7 Å². The Morgan fingerprint density at radius 2 is 1.86 bits per heavy atom. The molecule has 0 saturated carbocycles. The third kappa shape index (κ3) is 3.38. The molecule has 0 spiro atoms. The van der Waals surface area contributed by atoms with Crippen molar-refractivity contribution in [2.75, 3.05) is 13.7 Å². The fraction of sp³-hybridized carbons (Fsp3) is 0.214. The summed E-state index contributed by atoms with van der Waals surface area (Å²) in [4.78, 5) is 23.5. The van der Waals surface area contributed by atoms with Gasteiger partial charge in [-0.15, -0.1) is 0 Å². The minimum atomic E-state index is -0.531. The first-order chi connectivity index (χ1) is 10.0. The van der Waals surface area contributed by atoms with Gasteiger partial charge in [0.1, 0.15) is 5.57 Å². The van der Waals surface area contributed by atoms with Crippen LogP contribution in [0, 0.1) is 0 Å². The van der Waals surface area contributed by atoms with Crippen LogP contribution in [0.1, 0.15) is 12.5 Å². The SMILES string of the molecule is CCOc1ccc(C=C2C(=O)NC(=S)NC2=O)cc1OC. The molecule has 110 valence electrons. The van der Waals surface area contributed by atoms with Gasteiger partial charge in [-0.05, 0) is 42.9 Å². The second-order valence-electron chi connectivity index (χ2n) is 4.14. The highest BCUT2D eigenvalue weighted by Crippen LogP contribution is 2.29. The molecule has 0 atom stereocenters. The Kier molecular flexibility index (Phi) is 4.54. The Morgan fingerprint density at radius 3 is 2.43 bits per heavy atom. The molecule has 1 aliphatic rings. The molecular formula is C14H14N2O4S. The van der Waals surface area contributed by atoms with E-state index in [-0.39, 0.29) is 10.7 Å². The zero-order valence-electron chi connectivity index (χ0n) is 11.6. The quantitative estimate of drug-likeness (QED) is 0.493. The molecule has 1 fully saturated rings. The number of ether oxygens (including phenoxy) is 2. The van der Waals surface area contributed by atoms with Gasteiger partial charge in [-0.25, -0.2) is 0 Å². The van der Waals surface area contributed by atoms with Gasteiger partial charge < -0.3 is 9.47 Å². The van der Waals surface area contributed by atoms with Gasteiger partial charge in [0.05, 0.1) is 13.7 Å². The first-order valence-corrected chi connectivity index (χ1v) is 6.65. The van der Waals surface area contributed by atoms with Crippen LogP contribution >= 0.6 is 12.2 Å². The molecule has 1 saturated heterocycles. The van der Waals surface area contributed by atoms with Gasteiger partial charge in [0.25, 0.3) is 11.8 Å². The van der Waals surface area contributed by atoms with E-state index in [1.807, 2.05) is 6.92 Å². The maximum Gasteiger partial charge on any atom is 0.263 e. The van der Waals surface area contributed by atoms with E-state index in [1.165, 1.54) is 13.2 Å². The average molecular weight is 306 g/mol. The minimum Gasteiger partial charge on any atom is -0.493 e. The highest BCUT2D eigenvalue weighted by atomic mass is 32.1. The predicted molar refractivity (Wildman–Crippen MR) is 81.0 cm³/mol. The molecule has 1 aliphatic heterocycles. The third-order valence-corrected chi connectivity index (χ3v) is 2.95. The molecule has 0 aliphatic carbocycles. The zero-order chi connectivity index (χ0) is 15.4. The van der Waals surface area contributed by atoms with E-state index in [2.05, 4.69) is 10.6 Å². The summed E-state index contributed by atoms with van der Waals surface area (Å²) in [5.74, 6) is 0.0624. The lowest BCUT2D eigenvalue weighted by molar-refractivity contribution is -0.123. The first kappa shape index (κ1) is 15.0. The zero-order valence-corrected chi connectivity index (χ0v) is 12.4. The standard InChI is InChI=1S/C14H14N2O4S/c1-3-20-10-5-4-8(7-11(10)19-2)6-9-12(17)15-14(21)16-13(9)18/h4-7H,3H2,1-2H3,(H2,15,16,17,18,21). The van der Waals surface area contributed by atoms with Gasteiger partial charge in [-0.3, -0.25) is 20.2 Å². The Morgan fingerprint density at radius 1 is 1.19 bits per heavy atom. The monoisotopic (exact) mass is 306 g/mol. The normalized spacial score (nSPS) is 14.4. The minimum absolute atomic E-state index is 0.00595. The topological polar surface area (TPSA) is 76.7 Å². The number of hydrogen-bond donors (Lipinski definition) is 2. The van der Waals surface area contributed by atoms with Crippen molar-refractivity contribution >= 4 is 35.2 Å². The summed E-state index contributed by atoms with van der Waals surface area (Å²) in [6, 6.07) is 5.14. The van der Waals surface area contributed by atoms with Crippen LogP contribution in [0.15, 0.2) is 23.8 Å². The first-order valence-electron chi connectivity index (χ1n) is 6.24. The van der Waals surface area contributed by atoms with Crippen LogP contribution in [0.3, 0.4) is 0 Å². The smallest absolute Gasteiger partial charge is 0.263 e. The molecule has 6 nitrogen and oxygen atoms in total. The molecule has 0 bridgehead atoms. The second-order valence-corrected chi connectivity index (χ2v) is 4.55. The summed E-state index contributed by atoms with van der Waals surface area (Å²) in [6.45, 7) is 2.38. The van der Waals surface area contributed by atoms with Crippen LogP contribution in [0.2, 0.25) is 0 Å². The molecule has 1 aromatic rings. The maximum atomic E-state index is 11.8. The molecule has 7 heteroatoms. The number of rotatable bonds is 4. The van der Waals surface area contributed by atoms with Gasteiger partial charge in [-0.2, -0.15) is 0 Å². The van der Waals surface area contributed by atoms with Crippen molar-refractivity contribution < 1.29 is 19.1 Å². The Balaban J connectivity index is 2.34. The van der Waals surface area contributed by atoms with Crippen molar-refractivity contribution in [1.82, 2.24) is 10.6 Å². The Hall–Kier alpha value is -2.41. The average Bonchev–Trinajstić information content (AvgIpc) is 2.44. The number of nitrogens with one attached hydrogen (secondary N) is 2. The van der Waals surface area contributed by atoms with E-state index >= 15 is 0 Å². The van der Waals surface area contributed by atoms with Gasteiger partial charge in [0.2, 0.25) is 0 Å². The largest absolute Gasteiger partial charge is 0.493 e. The van der Waals surface area contributed by atoms with Gasteiger partial charge in [0, 0.05) is 0 Å². The van der Waals surface area contributed by atoms with Crippen LogP contribution in [0.5, 0.6) is 11.5 Å². The summed E-state index contributed by atoms with van der Waals surface area (Å²) in [5.41, 5.74) is 0.623. The van der Waals surface area contributed by atoms with Crippen molar-refractivity contribution in [2.45, 2.75) is 6.92 Å². The molecule has 0 radical (unpaired) electrons. The number of thiocarbonyl (C=S) groups is 1. The summed E-state index contributed by atoms with van der Waals surface area (Å²) in [5, 5.41) is 4.76.